The molecule has 0 unspecified atom stereocenters. The molecule has 0 spiro atoms. The van der Waals surface area contributed by atoms with E-state index in [0.717, 1.165) is 36.9 Å². The molecule has 1 aliphatic rings. The Morgan fingerprint density at radius 3 is 2.19 bits per heavy atom. The van der Waals surface area contributed by atoms with Gasteiger partial charge in [-0.05, 0) is 73.9 Å². The van der Waals surface area contributed by atoms with Crippen molar-refractivity contribution in [3.8, 4) is 0 Å². The minimum absolute atomic E-state index is 0.0499. The number of nitrogens with zero attached hydrogens (tertiary/aromatic N) is 1. The molecule has 2 amide bonds. The second-order valence-electron chi connectivity index (χ2n) is 8.47. The third-order valence-electron chi connectivity index (χ3n) is 6.24. The monoisotopic (exact) mass is 432 g/mol. The van der Waals surface area contributed by atoms with E-state index in [1.165, 1.54) is 11.1 Å². The van der Waals surface area contributed by atoms with Gasteiger partial charge in [-0.2, -0.15) is 0 Å². The lowest BCUT2D eigenvalue weighted by Gasteiger charge is -2.37. The highest BCUT2D eigenvalue weighted by Crippen LogP contribution is 2.35. The zero-order chi connectivity index (χ0) is 21.6. The molecule has 3 aromatic rings. The van der Waals surface area contributed by atoms with E-state index in [1.54, 1.807) is 12.1 Å². The molecule has 0 atom stereocenters. The van der Waals surface area contributed by atoms with E-state index >= 15 is 0 Å². The first-order valence-electron chi connectivity index (χ1n) is 11.0. The first-order chi connectivity index (χ1) is 15.1. The summed E-state index contributed by atoms with van der Waals surface area (Å²) in [5.41, 5.74) is 4.56. The van der Waals surface area contributed by atoms with Crippen LogP contribution in [-0.4, -0.2) is 17.0 Å². The zero-order valence-corrected chi connectivity index (χ0v) is 18.7. The molecule has 4 rings (SSSR count). The van der Waals surface area contributed by atoms with Gasteiger partial charge in [-0.3, -0.25) is 0 Å². The third-order valence-corrected chi connectivity index (χ3v) is 6.49. The van der Waals surface area contributed by atoms with Crippen LogP contribution in [0.5, 0.6) is 0 Å². The summed E-state index contributed by atoms with van der Waals surface area (Å²) in [5.74, 6) is 0.581. The molecule has 160 valence electrons. The maximum atomic E-state index is 13.3. The molecule has 0 aromatic heterocycles. The molecule has 0 saturated heterocycles. The Morgan fingerprint density at radius 2 is 1.55 bits per heavy atom. The molecule has 3 aromatic carbocycles. The topological polar surface area (TPSA) is 32.3 Å². The number of aryl methyl sites for hydroxylation is 1. The van der Waals surface area contributed by atoms with E-state index in [2.05, 4.69) is 66.8 Å². The van der Waals surface area contributed by atoms with Crippen molar-refractivity contribution in [3.05, 3.63) is 101 Å². The first-order valence-corrected chi connectivity index (χ1v) is 11.4. The summed E-state index contributed by atoms with van der Waals surface area (Å²) in [6.45, 7) is 2.69. The summed E-state index contributed by atoms with van der Waals surface area (Å²) in [4.78, 5) is 15.3. The van der Waals surface area contributed by atoms with Gasteiger partial charge in [-0.25, -0.2) is 4.79 Å². The van der Waals surface area contributed by atoms with Crippen LogP contribution in [0.2, 0.25) is 5.02 Å². The molecule has 1 fully saturated rings. The lowest BCUT2D eigenvalue weighted by Crippen LogP contribution is -2.44. The van der Waals surface area contributed by atoms with Gasteiger partial charge in [0.2, 0.25) is 0 Å². The van der Waals surface area contributed by atoms with E-state index in [0.29, 0.717) is 17.5 Å². The summed E-state index contributed by atoms with van der Waals surface area (Å²) in [5, 5.41) is 3.73. The number of amides is 2. The maximum Gasteiger partial charge on any atom is 0.322 e. The van der Waals surface area contributed by atoms with Gasteiger partial charge < -0.3 is 10.2 Å². The van der Waals surface area contributed by atoms with Gasteiger partial charge in [0.15, 0.2) is 0 Å². The van der Waals surface area contributed by atoms with Gasteiger partial charge in [0, 0.05) is 23.3 Å². The molecule has 0 radical (unpaired) electrons. The molecule has 4 heteroatoms. The number of benzene rings is 3. The number of anilines is 1. The van der Waals surface area contributed by atoms with Crippen LogP contribution in [0.4, 0.5) is 10.5 Å². The summed E-state index contributed by atoms with van der Waals surface area (Å²) in [7, 11) is 0. The average Bonchev–Trinajstić information content (AvgIpc) is 2.81. The predicted octanol–water partition coefficient (Wildman–Crippen LogP) is 7.41. The highest BCUT2D eigenvalue weighted by molar-refractivity contribution is 6.30. The number of urea groups is 1. The van der Waals surface area contributed by atoms with Crippen LogP contribution in [0.25, 0.3) is 0 Å². The fourth-order valence-corrected chi connectivity index (χ4v) is 4.56. The van der Waals surface area contributed by atoms with Crippen molar-refractivity contribution in [3.63, 3.8) is 0 Å². The van der Waals surface area contributed by atoms with Gasteiger partial charge >= 0.3 is 6.03 Å². The number of rotatable bonds is 5. The van der Waals surface area contributed by atoms with Crippen molar-refractivity contribution in [2.24, 2.45) is 0 Å². The van der Waals surface area contributed by atoms with Gasteiger partial charge in [0.1, 0.15) is 0 Å². The number of nitrogens with one attached hydrogen (secondary N) is 1. The highest BCUT2D eigenvalue weighted by Gasteiger charge is 2.29. The van der Waals surface area contributed by atoms with Gasteiger partial charge in [0.25, 0.3) is 0 Å². The van der Waals surface area contributed by atoms with Crippen molar-refractivity contribution in [1.29, 1.82) is 0 Å². The van der Waals surface area contributed by atoms with Crippen LogP contribution in [0.3, 0.4) is 0 Å². The van der Waals surface area contributed by atoms with Crippen molar-refractivity contribution in [2.45, 2.75) is 51.1 Å². The van der Waals surface area contributed by atoms with Crippen LogP contribution >= 0.6 is 11.6 Å². The maximum absolute atomic E-state index is 13.3. The Bertz CT molecular complexity index is 978. The van der Waals surface area contributed by atoms with Gasteiger partial charge in [-0.1, -0.05) is 71.8 Å². The Hall–Kier alpha value is -2.78. The van der Waals surface area contributed by atoms with Crippen LogP contribution in [0, 0.1) is 6.92 Å². The van der Waals surface area contributed by atoms with Crippen LogP contribution in [0.1, 0.15) is 48.3 Å². The van der Waals surface area contributed by atoms with Crippen LogP contribution in [0.15, 0.2) is 78.9 Å². The largest absolute Gasteiger partial charge is 0.322 e. The smallest absolute Gasteiger partial charge is 0.317 e. The number of hydrogen-bond donors (Lipinski definition) is 1. The number of hydrogen-bond acceptors (Lipinski definition) is 1. The predicted molar refractivity (Wildman–Crippen MR) is 129 cm³/mol. The Labute approximate surface area is 190 Å². The lowest BCUT2D eigenvalue weighted by molar-refractivity contribution is 0.158. The number of carbonyl (C=O) groups excluding carboxylic acids is 1. The molecule has 1 N–H and O–H groups in total. The second kappa shape index (κ2) is 10.0. The fourth-order valence-electron chi connectivity index (χ4n) is 4.43. The zero-order valence-electron chi connectivity index (χ0n) is 17.9. The lowest BCUT2D eigenvalue weighted by atomic mass is 9.81. The van der Waals surface area contributed by atoms with E-state index in [1.807, 2.05) is 17.0 Å². The van der Waals surface area contributed by atoms with E-state index in [4.69, 9.17) is 11.6 Å². The molecule has 0 bridgehead atoms. The summed E-state index contributed by atoms with van der Waals surface area (Å²) in [6, 6.07) is 26.7. The Kier molecular flexibility index (Phi) is 6.93. The van der Waals surface area contributed by atoms with Gasteiger partial charge in [-0.15, -0.1) is 0 Å². The van der Waals surface area contributed by atoms with Crippen molar-refractivity contribution >= 4 is 23.3 Å². The minimum Gasteiger partial charge on any atom is -0.317 e. The summed E-state index contributed by atoms with van der Waals surface area (Å²) >= 11 is 5.99. The van der Waals surface area contributed by atoms with E-state index in [-0.39, 0.29) is 12.1 Å². The molecule has 1 aliphatic carbocycles. The second-order valence-corrected chi connectivity index (χ2v) is 8.90. The molecular formula is C27H29ClN2O. The summed E-state index contributed by atoms with van der Waals surface area (Å²) < 4.78 is 0. The molecule has 0 heterocycles. The number of halogens is 1. The van der Waals surface area contributed by atoms with E-state index in [9.17, 15) is 4.79 Å². The molecule has 3 nitrogen and oxygen atoms in total. The summed E-state index contributed by atoms with van der Waals surface area (Å²) in [6.07, 6.45) is 4.24. The molecular weight excluding hydrogens is 404 g/mol. The highest BCUT2D eigenvalue weighted by atomic mass is 35.5. The van der Waals surface area contributed by atoms with Crippen LogP contribution in [-0.2, 0) is 6.54 Å². The standard InChI is InChI=1S/C27H29ClN2O/c1-20-7-9-21(10-8-20)19-30(27(31)29-25-15-13-24(28)14-16-25)26-17-11-23(12-18-26)22-5-3-2-4-6-22/h2-10,13-16,23,26H,11-12,17-19H2,1H3,(H,29,31). The van der Waals surface area contributed by atoms with Crippen molar-refractivity contribution in [2.75, 3.05) is 5.32 Å². The molecule has 1 saturated carbocycles. The normalized spacial score (nSPS) is 18.4. The minimum atomic E-state index is -0.0499. The Morgan fingerprint density at radius 1 is 0.903 bits per heavy atom. The Balaban J connectivity index is 1.48. The van der Waals surface area contributed by atoms with Crippen LogP contribution < -0.4 is 5.32 Å². The molecule has 31 heavy (non-hydrogen) atoms. The van der Waals surface area contributed by atoms with Crippen molar-refractivity contribution < 1.29 is 4.79 Å². The third kappa shape index (κ3) is 5.68. The fraction of sp³-hybridized carbons (Fsp3) is 0.296. The first kappa shape index (κ1) is 21.5. The number of carbonyl (C=O) groups is 1. The van der Waals surface area contributed by atoms with E-state index < -0.39 is 0 Å². The van der Waals surface area contributed by atoms with Gasteiger partial charge in [0.05, 0.1) is 0 Å². The van der Waals surface area contributed by atoms with Crippen molar-refractivity contribution in [1.82, 2.24) is 4.90 Å². The molecule has 0 aliphatic heterocycles. The quantitative estimate of drug-likeness (QED) is 0.447. The SMILES string of the molecule is Cc1ccc(CN(C(=O)Nc2ccc(Cl)cc2)C2CCC(c3ccccc3)CC2)cc1. The average molecular weight is 433 g/mol.